The van der Waals surface area contributed by atoms with E-state index in [1.54, 1.807) is 0 Å². The minimum absolute atomic E-state index is 0.390. The van der Waals surface area contributed by atoms with Gasteiger partial charge in [0.2, 0.25) is 5.82 Å². The van der Waals surface area contributed by atoms with Gasteiger partial charge in [-0.05, 0) is 29.5 Å². The van der Waals surface area contributed by atoms with Crippen LogP contribution in [0, 0.1) is 0 Å². The van der Waals surface area contributed by atoms with E-state index in [2.05, 4.69) is 15.4 Å². The minimum atomic E-state index is -1.25. The Morgan fingerprint density at radius 2 is 2.00 bits per heavy atom. The maximum Gasteiger partial charge on any atom is 0.204 e. The van der Waals surface area contributed by atoms with Gasteiger partial charge in [-0.1, -0.05) is 0 Å². The first-order chi connectivity index (χ1) is 8.56. The number of carbonyl (C=O) groups excluding carboxylic acids is 1. The molecule has 0 N–H and O–H groups in total. The molecule has 0 bridgehead atoms. The number of anilines is 1. The normalized spacial score (nSPS) is 10.3. The summed E-state index contributed by atoms with van der Waals surface area (Å²) in [6, 6.07) is 7.56. The Morgan fingerprint density at radius 3 is 2.56 bits per heavy atom. The van der Waals surface area contributed by atoms with Crippen LogP contribution >= 0.6 is 0 Å². The van der Waals surface area contributed by atoms with E-state index in [0.717, 1.165) is 16.0 Å². The molecule has 0 saturated carbocycles. The summed E-state index contributed by atoms with van der Waals surface area (Å²) in [4.78, 5) is 13.4. The second-order valence-corrected chi connectivity index (χ2v) is 3.96. The third kappa shape index (κ3) is 2.62. The van der Waals surface area contributed by atoms with E-state index in [1.165, 1.54) is 0 Å². The third-order valence-electron chi connectivity index (χ3n) is 2.37. The van der Waals surface area contributed by atoms with Gasteiger partial charge in [-0.2, -0.15) is 4.80 Å². The molecule has 0 spiro atoms. The van der Waals surface area contributed by atoms with Crippen LogP contribution in [0.3, 0.4) is 0 Å². The first kappa shape index (κ1) is 12.0. The molecule has 0 amide bonds. The molecule has 0 aliphatic carbocycles. The molecule has 0 saturated heterocycles. The molecule has 2 rings (SSSR count). The van der Waals surface area contributed by atoms with Crippen molar-refractivity contribution in [2.75, 3.05) is 19.0 Å². The molecule has 0 aliphatic heterocycles. The number of carboxylic acid groups (broad SMARTS) is 1. The third-order valence-corrected chi connectivity index (χ3v) is 2.37. The molecule has 0 aliphatic rings. The molecule has 7 heteroatoms. The van der Waals surface area contributed by atoms with Crippen LogP contribution in [0.1, 0.15) is 0 Å². The zero-order valence-electron chi connectivity index (χ0n) is 10.1. The molecule has 7 nitrogen and oxygen atoms in total. The van der Waals surface area contributed by atoms with Crippen LogP contribution in [0.15, 0.2) is 24.3 Å². The van der Waals surface area contributed by atoms with Crippen LogP contribution in [0.5, 0.6) is 0 Å². The summed E-state index contributed by atoms with van der Waals surface area (Å²) >= 11 is 0. The lowest BCUT2D eigenvalue weighted by Crippen LogP contribution is -2.28. The second kappa shape index (κ2) is 4.82. The molecular weight excluding hydrogens is 234 g/mol. The number of tetrazole rings is 1. The Hall–Kier alpha value is -2.44. The standard InChI is InChI=1S/C11H13N5O2/c1-15(2)9-5-3-8(4-6-9)11-12-14-16(13-11)7-10(17)18/h3-6H,7H2,1-2H3,(H,17,18)/p-1. The van der Waals surface area contributed by atoms with Crippen LogP contribution in [0.25, 0.3) is 11.4 Å². The van der Waals surface area contributed by atoms with Gasteiger partial charge in [-0.3, -0.25) is 0 Å². The first-order valence-corrected chi connectivity index (χ1v) is 5.31. The topological polar surface area (TPSA) is 87.0 Å². The number of rotatable bonds is 4. The van der Waals surface area contributed by atoms with E-state index in [1.807, 2.05) is 43.3 Å². The lowest BCUT2D eigenvalue weighted by atomic mass is 10.2. The maximum atomic E-state index is 10.4. The average molecular weight is 246 g/mol. The van der Waals surface area contributed by atoms with Gasteiger partial charge in [0.15, 0.2) is 0 Å². The van der Waals surface area contributed by atoms with Crippen LogP contribution < -0.4 is 10.0 Å². The van der Waals surface area contributed by atoms with Crippen LogP contribution in [0.2, 0.25) is 0 Å². The van der Waals surface area contributed by atoms with Crippen LogP contribution in [-0.4, -0.2) is 40.3 Å². The van der Waals surface area contributed by atoms with Crippen molar-refractivity contribution in [3.63, 3.8) is 0 Å². The summed E-state index contributed by atoms with van der Waals surface area (Å²) in [5, 5.41) is 21.8. The van der Waals surface area contributed by atoms with Gasteiger partial charge < -0.3 is 14.8 Å². The zero-order chi connectivity index (χ0) is 13.1. The molecule has 1 heterocycles. The van der Waals surface area contributed by atoms with Gasteiger partial charge >= 0.3 is 0 Å². The molecule has 18 heavy (non-hydrogen) atoms. The van der Waals surface area contributed by atoms with E-state index >= 15 is 0 Å². The second-order valence-electron chi connectivity index (χ2n) is 3.96. The van der Waals surface area contributed by atoms with E-state index < -0.39 is 12.5 Å². The summed E-state index contributed by atoms with van der Waals surface area (Å²) in [6.07, 6.45) is 0. The molecule has 1 aromatic heterocycles. The summed E-state index contributed by atoms with van der Waals surface area (Å²) in [7, 11) is 3.90. The predicted molar refractivity (Wildman–Crippen MR) is 62.6 cm³/mol. The summed E-state index contributed by atoms with van der Waals surface area (Å²) in [5.74, 6) is -0.858. The zero-order valence-corrected chi connectivity index (χ0v) is 10.1. The number of carboxylic acids is 1. The van der Waals surface area contributed by atoms with E-state index in [4.69, 9.17) is 0 Å². The highest BCUT2D eigenvalue weighted by atomic mass is 16.4. The number of nitrogens with zero attached hydrogens (tertiary/aromatic N) is 5. The number of carbonyl (C=O) groups is 1. The van der Waals surface area contributed by atoms with Crippen molar-refractivity contribution in [2.24, 2.45) is 0 Å². The van der Waals surface area contributed by atoms with Crippen molar-refractivity contribution < 1.29 is 9.90 Å². The van der Waals surface area contributed by atoms with Crippen molar-refractivity contribution >= 4 is 11.7 Å². The number of benzene rings is 1. The molecule has 0 atom stereocenters. The monoisotopic (exact) mass is 246 g/mol. The molecule has 1 aromatic carbocycles. The fourth-order valence-corrected chi connectivity index (χ4v) is 1.45. The van der Waals surface area contributed by atoms with Gasteiger partial charge in [0.1, 0.15) is 6.54 Å². The SMILES string of the molecule is CN(C)c1ccc(-c2nnn(CC(=O)[O-])n2)cc1. The van der Waals surface area contributed by atoms with Crippen molar-refractivity contribution in [3.05, 3.63) is 24.3 Å². The largest absolute Gasteiger partial charge is 0.548 e. The quantitative estimate of drug-likeness (QED) is 0.698. The minimum Gasteiger partial charge on any atom is -0.548 e. The first-order valence-electron chi connectivity index (χ1n) is 5.31. The molecular formula is C11H12N5O2-. The van der Waals surface area contributed by atoms with Gasteiger partial charge in [0.25, 0.3) is 0 Å². The lowest BCUT2D eigenvalue weighted by Gasteiger charge is -2.11. The van der Waals surface area contributed by atoms with E-state index in [9.17, 15) is 9.90 Å². The van der Waals surface area contributed by atoms with Gasteiger partial charge in [-0.25, -0.2) is 0 Å². The summed E-state index contributed by atoms with van der Waals surface area (Å²) in [6.45, 7) is -0.400. The Balaban J connectivity index is 2.20. The number of hydrogen-bond acceptors (Lipinski definition) is 6. The van der Waals surface area contributed by atoms with Crippen molar-refractivity contribution in [1.82, 2.24) is 20.2 Å². The summed E-state index contributed by atoms with van der Waals surface area (Å²) in [5.41, 5.74) is 1.84. The molecule has 0 unspecified atom stereocenters. The summed E-state index contributed by atoms with van der Waals surface area (Å²) < 4.78 is 0. The average Bonchev–Trinajstić information content (AvgIpc) is 2.76. The molecule has 0 radical (unpaired) electrons. The van der Waals surface area contributed by atoms with Gasteiger partial charge in [-0.15, -0.1) is 10.2 Å². The van der Waals surface area contributed by atoms with E-state index in [-0.39, 0.29) is 0 Å². The van der Waals surface area contributed by atoms with E-state index in [0.29, 0.717) is 5.82 Å². The Morgan fingerprint density at radius 1 is 1.33 bits per heavy atom. The maximum absolute atomic E-state index is 10.4. The highest BCUT2D eigenvalue weighted by Crippen LogP contribution is 2.18. The van der Waals surface area contributed by atoms with Crippen molar-refractivity contribution in [3.8, 4) is 11.4 Å². The molecule has 94 valence electrons. The number of hydrogen-bond donors (Lipinski definition) is 0. The van der Waals surface area contributed by atoms with Crippen LogP contribution in [-0.2, 0) is 11.3 Å². The molecule has 2 aromatic rings. The van der Waals surface area contributed by atoms with Crippen molar-refractivity contribution in [2.45, 2.75) is 6.54 Å². The highest BCUT2D eigenvalue weighted by molar-refractivity contribution is 5.64. The Kier molecular flexibility index (Phi) is 3.22. The predicted octanol–water partition coefficient (Wildman–Crippen LogP) is -0.844. The Bertz CT molecular complexity index is 547. The molecule has 0 fully saturated rings. The number of aromatic nitrogens is 4. The highest BCUT2D eigenvalue weighted by Gasteiger charge is 2.06. The fraction of sp³-hybridized carbons (Fsp3) is 0.273. The smallest absolute Gasteiger partial charge is 0.204 e. The van der Waals surface area contributed by atoms with Crippen LogP contribution in [0.4, 0.5) is 5.69 Å². The van der Waals surface area contributed by atoms with Gasteiger partial charge in [0, 0.05) is 25.3 Å². The lowest BCUT2D eigenvalue weighted by molar-refractivity contribution is -0.307. The fourth-order valence-electron chi connectivity index (χ4n) is 1.45. The van der Waals surface area contributed by atoms with Crippen molar-refractivity contribution in [1.29, 1.82) is 0 Å². The number of aliphatic carboxylic acids is 1. The van der Waals surface area contributed by atoms with Gasteiger partial charge in [0.05, 0.1) is 5.97 Å². The Labute approximate surface area is 104 Å².